The van der Waals surface area contributed by atoms with Crippen molar-refractivity contribution in [1.82, 2.24) is 15.4 Å². The zero-order valence-corrected chi connectivity index (χ0v) is 12.0. The average molecular weight is 265 g/mol. The van der Waals surface area contributed by atoms with Gasteiger partial charge in [-0.2, -0.15) is 0 Å². The lowest BCUT2D eigenvalue weighted by Crippen LogP contribution is -2.40. The number of piperidine rings is 1. The number of nitrogens with zero attached hydrogens (tertiary/aromatic N) is 2. The van der Waals surface area contributed by atoms with Gasteiger partial charge in [0.25, 0.3) is 0 Å². The maximum atomic E-state index is 12.0. The molecule has 2 rings (SSSR count). The van der Waals surface area contributed by atoms with Gasteiger partial charge in [0, 0.05) is 18.5 Å². The van der Waals surface area contributed by atoms with Gasteiger partial charge in [-0.05, 0) is 33.0 Å². The molecule has 5 heteroatoms. The Hall–Kier alpha value is -1.20. The van der Waals surface area contributed by atoms with Gasteiger partial charge in [-0.3, -0.25) is 4.79 Å². The summed E-state index contributed by atoms with van der Waals surface area (Å²) < 4.78 is 4.95. The van der Waals surface area contributed by atoms with Crippen LogP contribution in [0.15, 0.2) is 10.8 Å². The average Bonchev–Trinajstić information content (AvgIpc) is 2.85. The van der Waals surface area contributed by atoms with Crippen LogP contribution in [0, 0.1) is 5.92 Å². The lowest BCUT2D eigenvalue weighted by molar-refractivity contribution is 0.0937. The lowest BCUT2D eigenvalue weighted by Gasteiger charge is -2.29. The van der Waals surface area contributed by atoms with E-state index in [0.717, 1.165) is 31.6 Å². The molecule has 1 N–H and O–H groups in total. The van der Waals surface area contributed by atoms with E-state index in [0.29, 0.717) is 18.2 Å². The molecule has 106 valence electrons. The van der Waals surface area contributed by atoms with Crippen LogP contribution in [0.2, 0.25) is 0 Å². The van der Waals surface area contributed by atoms with Crippen LogP contribution in [0.4, 0.5) is 0 Å². The summed E-state index contributed by atoms with van der Waals surface area (Å²) in [4.78, 5) is 14.3. The number of ketones is 1. The van der Waals surface area contributed by atoms with Gasteiger partial charge >= 0.3 is 0 Å². The fraction of sp³-hybridized carbons (Fsp3) is 0.714. The fourth-order valence-electron chi connectivity index (χ4n) is 2.35. The molecule has 1 aliphatic rings. The van der Waals surface area contributed by atoms with Crippen molar-refractivity contribution in [2.45, 2.75) is 39.3 Å². The first kappa shape index (κ1) is 14.2. The Labute approximate surface area is 114 Å². The van der Waals surface area contributed by atoms with E-state index < -0.39 is 0 Å². The highest BCUT2D eigenvalue weighted by Crippen LogP contribution is 2.14. The summed E-state index contributed by atoms with van der Waals surface area (Å²) in [7, 11) is 2.15. The minimum Gasteiger partial charge on any atom is -0.364 e. The maximum Gasteiger partial charge on any atom is 0.170 e. The molecule has 19 heavy (non-hydrogen) atoms. The molecule has 1 aromatic rings. The number of carbonyl (C=O) groups excluding carboxylic acids is 1. The third kappa shape index (κ3) is 3.64. The monoisotopic (exact) mass is 265 g/mol. The van der Waals surface area contributed by atoms with E-state index in [1.165, 1.54) is 6.26 Å². The number of Topliss-reactive ketones (excluding diaryl/α,β-unsaturated/α-hetero) is 1. The number of rotatable bonds is 5. The van der Waals surface area contributed by atoms with Crippen LogP contribution in [-0.2, 0) is 6.54 Å². The van der Waals surface area contributed by atoms with Crippen molar-refractivity contribution < 1.29 is 9.32 Å². The first-order chi connectivity index (χ1) is 9.08. The molecule has 0 unspecified atom stereocenters. The van der Waals surface area contributed by atoms with Crippen LogP contribution >= 0.6 is 0 Å². The molecule has 0 aliphatic carbocycles. The number of hydrogen-bond acceptors (Lipinski definition) is 5. The minimum absolute atomic E-state index is 0.0264. The van der Waals surface area contributed by atoms with E-state index in [2.05, 4.69) is 22.4 Å². The van der Waals surface area contributed by atoms with E-state index in [1.54, 1.807) is 0 Å². The summed E-state index contributed by atoms with van der Waals surface area (Å²) in [5.74, 6) is 0.0721. The molecule has 1 aliphatic heterocycles. The van der Waals surface area contributed by atoms with Crippen molar-refractivity contribution in [1.29, 1.82) is 0 Å². The number of hydrogen-bond donors (Lipinski definition) is 1. The highest BCUT2D eigenvalue weighted by molar-refractivity contribution is 5.98. The van der Waals surface area contributed by atoms with Crippen molar-refractivity contribution in [3.8, 4) is 0 Å². The first-order valence-electron chi connectivity index (χ1n) is 6.97. The van der Waals surface area contributed by atoms with Gasteiger partial charge in [0.15, 0.2) is 5.78 Å². The molecule has 1 fully saturated rings. The van der Waals surface area contributed by atoms with Gasteiger partial charge in [0.05, 0.1) is 5.56 Å². The summed E-state index contributed by atoms with van der Waals surface area (Å²) in [5, 5.41) is 7.43. The molecular formula is C14H23N3O2. The molecule has 1 saturated heterocycles. The van der Waals surface area contributed by atoms with Crippen LogP contribution in [0.3, 0.4) is 0 Å². The van der Waals surface area contributed by atoms with E-state index in [-0.39, 0.29) is 11.7 Å². The summed E-state index contributed by atoms with van der Waals surface area (Å²) in [6.45, 7) is 6.63. The molecule has 0 saturated carbocycles. The van der Waals surface area contributed by atoms with Crippen LogP contribution in [0.5, 0.6) is 0 Å². The number of carbonyl (C=O) groups is 1. The molecule has 1 aromatic heterocycles. The lowest BCUT2D eigenvalue weighted by atomic mass is 10.0. The second-order valence-electron chi connectivity index (χ2n) is 5.65. The molecular weight excluding hydrogens is 242 g/mol. The van der Waals surface area contributed by atoms with E-state index in [4.69, 9.17) is 4.52 Å². The summed E-state index contributed by atoms with van der Waals surface area (Å²) in [5.41, 5.74) is 1.35. The standard InChI is InChI=1S/C14H23N3O2/c1-10(2)14(18)12-9-19-16-13(12)8-15-11-4-6-17(3)7-5-11/h9-11,15H,4-8H2,1-3H3. The first-order valence-corrected chi connectivity index (χ1v) is 6.97. The van der Waals surface area contributed by atoms with Gasteiger partial charge in [-0.1, -0.05) is 19.0 Å². The summed E-state index contributed by atoms with van der Waals surface area (Å²) in [6, 6.07) is 0.509. The Balaban J connectivity index is 1.90. The highest BCUT2D eigenvalue weighted by Gasteiger charge is 2.20. The number of aromatic nitrogens is 1. The molecule has 0 amide bonds. The predicted octanol–water partition coefficient (Wildman–Crippen LogP) is 1.70. The van der Waals surface area contributed by atoms with Crippen molar-refractivity contribution >= 4 is 5.78 Å². The van der Waals surface area contributed by atoms with Crippen LogP contribution < -0.4 is 5.32 Å². The summed E-state index contributed by atoms with van der Waals surface area (Å²) >= 11 is 0. The fourth-order valence-corrected chi connectivity index (χ4v) is 2.35. The van der Waals surface area contributed by atoms with E-state index >= 15 is 0 Å². The van der Waals surface area contributed by atoms with Crippen molar-refractivity contribution in [3.05, 3.63) is 17.5 Å². The zero-order valence-electron chi connectivity index (χ0n) is 12.0. The second kappa shape index (κ2) is 6.30. The Kier molecular flexibility index (Phi) is 4.71. The van der Waals surface area contributed by atoms with Gasteiger partial charge in [0.1, 0.15) is 12.0 Å². The zero-order chi connectivity index (χ0) is 13.8. The maximum absolute atomic E-state index is 12.0. The number of nitrogens with one attached hydrogen (secondary N) is 1. The second-order valence-corrected chi connectivity index (χ2v) is 5.65. The van der Waals surface area contributed by atoms with Gasteiger partial charge in [-0.15, -0.1) is 0 Å². The van der Waals surface area contributed by atoms with Crippen LogP contribution in [0.25, 0.3) is 0 Å². The molecule has 0 bridgehead atoms. The topological polar surface area (TPSA) is 58.4 Å². The minimum atomic E-state index is -0.0264. The third-order valence-corrected chi connectivity index (χ3v) is 3.71. The molecule has 2 heterocycles. The van der Waals surface area contributed by atoms with E-state index in [9.17, 15) is 4.79 Å². The quantitative estimate of drug-likeness (QED) is 0.821. The van der Waals surface area contributed by atoms with Crippen LogP contribution in [0.1, 0.15) is 42.7 Å². The number of likely N-dealkylation sites (tertiary alicyclic amines) is 1. The predicted molar refractivity (Wildman–Crippen MR) is 73.0 cm³/mol. The summed E-state index contributed by atoms with van der Waals surface area (Å²) in [6.07, 6.45) is 3.75. The molecule has 5 nitrogen and oxygen atoms in total. The van der Waals surface area contributed by atoms with Crippen LogP contribution in [-0.4, -0.2) is 42.0 Å². The Morgan fingerprint density at radius 3 is 2.84 bits per heavy atom. The van der Waals surface area contributed by atoms with Crippen molar-refractivity contribution in [2.75, 3.05) is 20.1 Å². The molecule has 0 atom stereocenters. The smallest absolute Gasteiger partial charge is 0.170 e. The molecule has 0 radical (unpaired) electrons. The SMILES string of the molecule is CC(C)C(=O)c1conc1CNC1CCN(C)CC1. The third-order valence-electron chi connectivity index (χ3n) is 3.71. The Morgan fingerprint density at radius 2 is 2.21 bits per heavy atom. The van der Waals surface area contributed by atoms with Crippen molar-refractivity contribution in [3.63, 3.8) is 0 Å². The molecule has 0 aromatic carbocycles. The largest absolute Gasteiger partial charge is 0.364 e. The Bertz CT molecular complexity index is 420. The highest BCUT2D eigenvalue weighted by atomic mass is 16.5. The molecule has 0 spiro atoms. The van der Waals surface area contributed by atoms with Gasteiger partial charge < -0.3 is 14.7 Å². The normalized spacial score (nSPS) is 18.1. The van der Waals surface area contributed by atoms with Gasteiger partial charge in [0.2, 0.25) is 0 Å². The van der Waals surface area contributed by atoms with E-state index in [1.807, 2.05) is 13.8 Å². The van der Waals surface area contributed by atoms with Crippen molar-refractivity contribution in [2.24, 2.45) is 5.92 Å². The van der Waals surface area contributed by atoms with Gasteiger partial charge in [-0.25, -0.2) is 0 Å². The Morgan fingerprint density at radius 1 is 1.53 bits per heavy atom.